The van der Waals surface area contributed by atoms with Gasteiger partial charge in [-0.05, 0) is 50.2 Å². The summed E-state index contributed by atoms with van der Waals surface area (Å²) in [6.45, 7) is 4.58. The summed E-state index contributed by atoms with van der Waals surface area (Å²) in [7, 11) is 0. The van der Waals surface area contributed by atoms with E-state index in [1.807, 2.05) is 11.8 Å². The first-order chi connectivity index (χ1) is 12.9. The first-order valence-corrected chi connectivity index (χ1v) is 10.4. The van der Waals surface area contributed by atoms with Gasteiger partial charge in [0, 0.05) is 23.4 Å². The molecule has 0 atom stereocenters. The van der Waals surface area contributed by atoms with Gasteiger partial charge in [0.2, 0.25) is 0 Å². The van der Waals surface area contributed by atoms with Crippen LogP contribution in [0, 0.1) is 0 Å². The van der Waals surface area contributed by atoms with E-state index in [9.17, 15) is 0 Å². The van der Waals surface area contributed by atoms with E-state index in [0.29, 0.717) is 0 Å². The van der Waals surface area contributed by atoms with Crippen LogP contribution < -0.4 is 4.90 Å². The molecule has 0 radical (unpaired) electrons. The van der Waals surface area contributed by atoms with Gasteiger partial charge in [-0.1, -0.05) is 48.5 Å². The van der Waals surface area contributed by atoms with Gasteiger partial charge in [-0.15, -0.1) is 0 Å². The van der Waals surface area contributed by atoms with Gasteiger partial charge in [-0.3, -0.25) is 0 Å². The third kappa shape index (κ3) is 2.97. The van der Waals surface area contributed by atoms with Crippen LogP contribution in [0.1, 0.15) is 19.3 Å². The van der Waals surface area contributed by atoms with E-state index < -0.39 is 0 Å². The number of nitrogens with zero attached hydrogens (tertiary/aromatic N) is 3. The van der Waals surface area contributed by atoms with Crippen LogP contribution in [0.5, 0.6) is 0 Å². The molecule has 0 N–H and O–H groups in total. The zero-order chi connectivity index (χ0) is 17.3. The summed E-state index contributed by atoms with van der Waals surface area (Å²) in [5.74, 6) is 1.12. The summed E-state index contributed by atoms with van der Waals surface area (Å²) in [6, 6.07) is 19.5. The lowest BCUT2D eigenvalue weighted by Gasteiger charge is -2.34. The summed E-state index contributed by atoms with van der Waals surface area (Å²) in [5.41, 5.74) is 2.37. The monoisotopic (exact) mass is 361 g/mol. The number of hydrogen-bond acceptors (Lipinski definition) is 4. The van der Waals surface area contributed by atoms with Gasteiger partial charge in [-0.25, -0.2) is 4.98 Å². The number of fused-ring (bicyclic) bond motifs is 3. The highest BCUT2D eigenvalue weighted by molar-refractivity contribution is 7.99. The van der Waals surface area contributed by atoms with Crippen molar-refractivity contribution < 1.29 is 0 Å². The second-order valence-electron chi connectivity index (χ2n) is 7.13. The highest BCUT2D eigenvalue weighted by Crippen LogP contribution is 2.47. The van der Waals surface area contributed by atoms with Gasteiger partial charge < -0.3 is 9.80 Å². The molecule has 0 aliphatic carbocycles. The second-order valence-corrected chi connectivity index (χ2v) is 8.21. The molecule has 0 spiro atoms. The summed E-state index contributed by atoms with van der Waals surface area (Å²) >= 11 is 1.84. The number of pyridine rings is 1. The fourth-order valence-electron chi connectivity index (χ4n) is 4.00. The van der Waals surface area contributed by atoms with Gasteiger partial charge in [0.05, 0.1) is 16.1 Å². The zero-order valence-electron chi connectivity index (χ0n) is 14.9. The molecule has 0 saturated carbocycles. The van der Waals surface area contributed by atoms with E-state index in [1.165, 1.54) is 53.2 Å². The molecule has 132 valence electrons. The molecule has 2 aromatic carbocycles. The number of rotatable bonds is 3. The Morgan fingerprint density at radius 2 is 1.65 bits per heavy atom. The van der Waals surface area contributed by atoms with E-state index in [1.54, 1.807) is 0 Å². The van der Waals surface area contributed by atoms with Crippen molar-refractivity contribution >= 4 is 34.2 Å². The summed E-state index contributed by atoms with van der Waals surface area (Å²) in [4.78, 5) is 12.7. The Hall–Kier alpha value is -2.04. The molecule has 1 fully saturated rings. The molecular weight excluding hydrogens is 338 g/mol. The van der Waals surface area contributed by atoms with Crippen molar-refractivity contribution in [1.29, 1.82) is 0 Å². The molecule has 1 saturated heterocycles. The predicted octanol–water partition coefficient (Wildman–Crippen LogP) is 5.32. The zero-order valence-corrected chi connectivity index (χ0v) is 15.7. The first kappa shape index (κ1) is 16.2. The van der Waals surface area contributed by atoms with Crippen LogP contribution in [0.3, 0.4) is 0 Å². The third-order valence-corrected chi connectivity index (χ3v) is 6.48. The highest BCUT2D eigenvalue weighted by Gasteiger charge is 2.25. The summed E-state index contributed by atoms with van der Waals surface area (Å²) < 4.78 is 0. The molecule has 4 heteroatoms. The van der Waals surface area contributed by atoms with E-state index >= 15 is 0 Å². The minimum absolute atomic E-state index is 0.996. The lowest BCUT2D eigenvalue weighted by atomic mass is 10.1. The SMILES string of the molecule is c1ccc2c(c1)Sc1cc3ccccc3nc1N2CCN1CCCCC1. The largest absolute Gasteiger partial charge is 0.323 e. The standard InChI is InChI=1S/C22H23N3S/c1-6-12-24(13-7-1)14-15-25-19-10-4-5-11-20(19)26-21-16-17-8-2-3-9-18(17)23-22(21)25/h2-5,8-11,16H,1,6-7,12-15H2. The molecule has 3 aromatic rings. The van der Waals surface area contributed by atoms with E-state index in [0.717, 1.165) is 24.4 Å². The third-order valence-electron chi connectivity index (χ3n) is 5.39. The Balaban J connectivity index is 1.53. The van der Waals surface area contributed by atoms with E-state index in [4.69, 9.17) is 4.98 Å². The van der Waals surface area contributed by atoms with Crippen LogP contribution in [-0.4, -0.2) is 36.1 Å². The molecule has 3 nitrogen and oxygen atoms in total. The van der Waals surface area contributed by atoms with Gasteiger partial charge in [-0.2, -0.15) is 0 Å². The van der Waals surface area contributed by atoms with Crippen LogP contribution >= 0.6 is 11.8 Å². The van der Waals surface area contributed by atoms with Crippen molar-refractivity contribution in [2.45, 2.75) is 29.1 Å². The number of benzene rings is 2. The lowest BCUT2D eigenvalue weighted by molar-refractivity contribution is 0.234. The quantitative estimate of drug-likeness (QED) is 0.628. The summed E-state index contributed by atoms with van der Waals surface area (Å²) in [6.07, 6.45) is 4.06. The number of aromatic nitrogens is 1. The van der Waals surface area contributed by atoms with Gasteiger partial charge in [0.15, 0.2) is 0 Å². The molecule has 2 aliphatic heterocycles. The highest BCUT2D eigenvalue weighted by atomic mass is 32.2. The van der Waals surface area contributed by atoms with Crippen LogP contribution in [0.15, 0.2) is 64.4 Å². The molecule has 0 bridgehead atoms. The number of likely N-dealkylation sites (tertiary alicyclic amines) is 1. The van der Waals surface area contributed by atoms with Crippen LogP contribution in [-0.2, 0) is 0 Å². The number of para-hydroxylation sites is 2. The molecule has 1 aromatic heterocycles. The Kier molecular flexibility index (Phi) is 4.31. The number of anilines is 2. The maximum absolute atomic E-state index is 5.05. The van der Waals surface area contributed by atoms with Crippen LogP contribution in [0.25, 0.3) is 10.9 Å². The minimum Gasteiger partial charge on any atom is -0.323 e. The minimum atomic E-state index is 0.996. The number of hydrogen-bond donors (Lipinski definition) is 0. The molecule has 5 rings (SSSR count). The fraction of sp³-hybridized carbons (Fsp3) is 0.318. The molecule has 2 aliphatic rings. The Bertz CT molecular complexity index is 934. The first-order valence-electron chi connectivity index (χ1n) is 9.55. The van der Waals surface area contributed by atoms with Crippen molar-refractivity contribution in [2.24, 2.45) is 0 Å². The fourth-order valence-corrected chi connectivity index (χ4v) is 5.10. The summed E-state index contributed by atoms with van der Waals surface area (Å²) in [5, 5.41) is 1.22. The molecule has 26 heavy (non-hydrogen) atoms. The van der Waals surface area contributed by atoms with Gasteiger partial charge in [0.25, 0.3) is 0 Å². The van der Waals surface area contributed by atoms with E-state index in [-0.39, 0.29) is 0 Å². The van der Waals surface area contributed by atoms with Gasteiger partial charge in [0.1, 0.15) is 5.82 Å². The maximum atomic E-state index is 5.05. The second kappa shape index (κ2) is 6.93. The van der Waals surface area contributed by atoms with E-state index in [2.05, 4.69) is 64.4 Å². The van der Waals surface area contributed by atoms with Crippen LogP contribution in [0.2, 0.25) is 0 Å². The number of piperidine rings is 1. The predicted molar refractivity (Wildman–Crippen MR) is 110 cm³/mol. The van der Waals surface area contributed by atoms with Crippen molar-refractivity contribution in [2.75, 3.05) is 31.1 Å². The lowest BCUT2D eigenvalue weighted by Crippen LogP contribution is -2.37. The molecule has 3 heterocycles. The Morgan fingerprint density at radius 1 is 0.846 bits per heavy atom. The molecule has 0 unspecified atom stereocenters. The van der Waals surface area contributed by atoms with Crippen molar-refractivity contribution in [3.63, 3.8) is 0 Å². The van der Waals surface area contributed by atoms with Crippen molar-refractivity contribution in [1.82, 2.24) is 9.88 Å². The Morgan fingerprint density at radius 3 is 2.58 bits per heavy atom. The van der Waals surface area contributed by atoms with Crippen molar-refractivity contribution in [3.8, 4) is 0 Å². The van der Waals surface area contributed by atoms with Crippen molar-refractivity contribution in [3.05, 3.63) is 54.6 Å². The molecule has 0 amide bonds. The molecular formula is C22H23N3S. The average molecular weight is 362 g/mol. The van der Waals surface area contributed by atoms with Crippen LogP contribution in [0.4, 0.5) is 11.5 Å². The average Bonchev–Trinajstić information content (AvgIpc) is 2.70. The maximum Gasteiger partial charge on any atom is 0.147 e. The van der Waals surface area contributed by atoms with Gasteiger partial charge >= 0.3 is 0 Å². The normalized spacial score (nSPS) is 17.2. The Labute approximate surface area is 159 Å². The smallest absolute Gasteiger partial charge is 0.147 e. The topological polar surface area (TPSA) is 19.4 Å².